The van der Waals surface area contributed by atoms with E-state index in [1.807, 2.05) is 12.1 Å². The van der Waals surface area contributed by atoms with Gasteiger partial charge in [0.15, 0.2) is 0 Å². The van der Waals surface area contributed by atoms with Crippen molar-refractivity contribution in [2.24, 2.45) is 5.92 Å². The largest absolute Gasteiger partial charge is 0.376 e. The maximum absolute atomic E-state index is 11.5. The van der Waals surface area contributed by atoms with E-state index in [0.717, 1.165) is 12.2 Å². The maximum Gasteiger partial charge on any atom is 0.239 e. The van der Waals surface area contributed by atoms with Gasteiger partial charge in [0.25, 0.3) is 0 Å². The molecule has 3 nitrogen and oxygen atoms in total. The summed E-state index contributed by atoms with van der Waals surface area (Å²) in [7, 11) is 0. The van der Waals surface area contributed by atoms with Gasteiger partial charge in [0, 0.05) is 12.2 Å². The zero-order chi connectivity index (χ0) is 12.8. The van der Waals surface area contributed by atoms with Crippen molar-refractivity contribution in [3.05, 3.63) is 29.3 Å². The van der Waals surface area contributed by atoms with Gasteiger partial charge < -0.3 is 10.6 Å². The van der Waals surface area contributed by atoms with Crippen LogP contribution in [0.1, 0.15) is 25.0 Å². The second kappa shape index (κ2) is 6.28. The first-order valence-corrected chi connectivity index (χ1v) is 6.07. The van der Waals surface area contributed by atoms with Gasteiger partial charge in [-0.1, -0.05) is 26.0 Å². The smallest absolute Gasteiger partial charge is 0.239 e. The van der Waals surface area contributed by atoms with Crippen molar-refractivity contribution in [3.63, 3.8) is 0 Å². The van der Waals surface area contributed by atoms with E-state index in [1.165, 1.54) is 11.1 Å². The molecule has 0 atom stereocenters. The minimum Gasteiger partial charge on any atom is -0.376 e. The van der Waals surface area contributed by atoms with E-state index in [-0.39, 0.29) is 5.91 Å². The van der Waals surface area contributed by atoms with Crippen molar-refractivity contribution in [2.75, 3.05) is 18.4 Å². The summed E-state index contributed by atoms with van der Waals surface area (Å²) in [5.41, 5.74) is 3.46. The van der Waals surface area contributed by atoms with Crippen LogP contribution in [0.5, 0.6) is 0 Å². The summed E-state index contributed by atoms with van der Waals surface area (Å²) in [6.45, 7) is 9.35. The zero-order valence-corrected chi connectivity index (χ0v) is 11.1. The molecule has 0 aliphatic heterocycles. The number of aryl methyl sites for hydroxylation is 1. The Hall–Kier alpha value is -1.51. The fraction of sp³-hybridized carbons (Fsp3) is 0.500. The molecule has 2 N–H and O–H groups in total. The van der Waals surface area contributed by atoms with Crippen molar-refractivity contribution in [1.82, 2.24) is 5.32 Å². The number of nitrogens with one attached hydrogen (secondary N) is 2. The lowest BCUT2D eigenvalue weighted by Gasteiger charge is -2.12. The van der Waals surface area contributed by atoms with Crippen LogP contribution in [-0.2, 0) is 4.79 Å². The third-order valence-electron chi connectivity index (χ3n) is 2.75. The van der Waals surface area contributed by atoms with E-state index in [2.05, 4.69) is 44.4 Å². The average Bonchev–Trinajstić information content (AvgIpc) is 2.28. The first kappa shape index (κ1) is 13.6. The molecule has 1 rings (SSSR count). The number of rotatable bonds is 5. The lowest BCUT2D eigenvalue weighted by Crippen LogP contribution is -2.32. The fourth-order valence-corrected chi connectivity index (χ4v) is 1.50. The molecule has 1 amide bonds. The van der Waals surface area contributed by atoms with Gasteiger partial charge >= 0.3 is 0 Å². The van der Waals surface area contributed by atoms with E-state index < -0.39 is 0 Å². The Morgan fingerprint density at radius 3 is 2.65 bits per heavy atom. The SMILES string of the molecule is Cc1cccc(NCC(=O)NCC(C)C)c1C. The molecule has 0 aliphatic carbocycles. The summed E-state index contributed by atoms with van der Waals surface area (Å²) >= 11 is 0. The van der Waals surface area contributed by atoms with E-state index in [4.69, 9.17) is 0 Å². The fourth-order valence-electron chi connectivity index (χ4n) is 1.50. The van der Waals surface area contributed by atoms with Gasteiger partial charge in [-0.3, -0.25) is 4.79 Å². The van der Waals surface area contributed by atoms with Crippen molar-refractivity contribution in [2.45, 2.75) is 27.7 Å². The maximum atomic E-state index is 11.5. The summed E-state index contributed by atoms with van der Waals surface area (Å²) in [6.07, 6.45) is 0. The van der Waals surface area contributed by atoms with Crippen LogP contribution < -0.4 is 10.6 Å². The topological polar surface area (TPSA) is 41.1 Å². The van der Waals surface area contributed by atoms with Crippen LogP contribution >= 0.6 is 0 Å². The Bertz CT molecular complexity index is 386. The summed E-state index contributed by atoms with van der Waals surface area (Å²) in [6, 6.07) is 6.06. The molecular formula is C14H22N2O. The molecule has 1 aromatic carbocycles. The number of carbonyl (C=O) groups excluding carboxylic acids is 1. The molecular weight excluding hydrogens is 212 g/mol. The van der Waals surface area contributed by atoms with Gasteiger partial charge in [0.1, 0.15) is 0 Å². The number of carbonyl (C=O) groups is 1. The van der Waals surface area contributed by atoms with Gasteiger partial charge in [-0.15, -0.1) is 0 Å². The van der Waals surface area contributed by atoms with Crippen LogP contribution in [0, 0.1) is 19.8 Å². The molecule has 0 aliphatic rings. The summed E-state index contributed by atoms with van der Waals surface area (Å²) in [5.74, 6) is 0.527. The molecule has 94 valence electrons. The van der Waals surface area contributed by atoms with Crippen LogP contribution in [0.25, 0.3) is 0 Å². The average molecular weight is 234 g/mol. The minimum atomic E-state index is 0.0413. The molecule has 0 spiro atoms. The Morgan fingerprint density at radius 2 is 2.00 bits per heavy atom. The van der Waals surface area contributed by atoms with Crippen LogP contribution in [0.4, 0.5) is 5.69 Å². The van der Waals surface area contributed by atoms with E-state index in [1.54, 1.807) is 0 Å². The predicted octanol–water partition coefficient (Wildman–Crippen LogP) is 2.49. The third-order valence-corrected chi connectivity index (χ3v) is 2.75. The quantitative estimate of drug-likeness (QED) is 0.822. The van der Waals surface area contributed by atoms with Crippen LogP contribution in [0.2, 0.25) is 0 Å². The monoisotopic (exact) mass is 234 g/mol. The lowest BCUT2D eigenvalue weighted by molar-refractivity contribution is -0.119. The molecule has 0 bridgehead atoms. The van der Waals surface area contributed by atoms with E-state index in [0.29, 0.717) is 12.5 Å². The number of anilines is 1. The summed E-state index contributed by atoms with van der Waals surface area (Å²) < 4.78 is 0. The van der Waals surface area contributed by atoms with Gasteiger partial charge in [-0.05, 0) is 37.0 Å². The third kappa shape index (κ3) is 4.47. The number of benzene rings is 1. The molecule has 0 radical (unpaired) electrons. The van der Waals surface area contributed by atoms with Crippen LogP contribution in [-0.4, -0.2) is 19.0 Å². The highest BCUT2D eigenvalue weighted by molar-refractivity contribution is 5.81. The van der Waals surface area contributed by atoms with Gasteiger partial charge in [0.2, 0.25) is 5.91 Å². The summed E-state index contributed by atoms with van der Waals surface area (Å²) in [4.78, 5) is 11.5. The lowest BCUT2D eigenvalue weighted by atomic mass is 10.1. The molecule has 0 fully saturated rings. The second-order valence-electron chi connectivity index (χ2n) is 4.80. The highest BCUT2D eigenvalue weighted by Gasteiger charge is 2.04. The minimum absolute atomic E-state index is 0.0413. The van der Waals surface area contributed by atoms with E-state index in [9.17, 15) is 4.79 Å². The standard InChI is InChI=1S/C14H22N2O/c1-10(2)8-16-14(17)9-15-13-7-5-6-11(3)12(13)4/h5-7,10,15H,8-9H2,1-4H3,(H,16,17). The number of amides is 1. The van der Waals surface area contributed by atoms with Crippen LogP contribution in [0.3, 0.4) is 0 Å². The van der Waals surface area contributed by atoms with Crippen molar-refractivity contribution >= 4 is 11.6 Å². The molecule has 0 unspecified atom stereocenters. The van der Waals surface area contributed by atoms with Crippen molar-refractivity contribution in [1.29, 1.82) is 0 Å². The highest BCUT2D eigenvalue weighted by Crippen LogP contribution is 2.17. The van der Waals surface area contributed by atoms with Crippen LogP contribution in [0.15, 0.2) is 18.2 Å². The Kier molecular flexibility index (Phi) is 5.01. The molecule has 17 heavy (non-hydrogen) atoms. The Morgan fingerprint density at radius 1 is 1.29 bits per heavy atom. The van der Waals surface area contributed by atoms with Crippen molar-refractivity contribution < 1.29 is 4.79 Å². The first-order valence-electron chi connectivity index (χ1n) is 6.07. The highest BCUT2D eigenvalue weighted by atomic mass is 16.1. The number of hydrogen-bond donors (Lipinski definition) is 2. The first-order chi connectivity index (χ1) is 8.00. The van der Waals surface area contributed by atoms with Gasteiger partial charge in [0.05, 0.1) is 6.54 Å². The van der Waals surface area contributed by atoms with Crippen molar-refractivity contribution in [3.8, 4) is 0 Å². The molecule has 1 aromatic rings. The molecule has 0 heterocycles. The molecule has 3 heteroatoms. The zero-order valence-electron chi connectivity index (χ0n) is 11.1. The normalized spacial score (nSPS) is 10.4. The molecule has 0 aromatic heterocycles. The summed E-state index contributed by atoms with van der Waals surface area (Å²) in [5, 5.41) is 6.05. The molecule has 0 saturated carbocycles. The van der Waals surface area contributed by atoms with Gasteiger partial charge in [-0.25, -0.2) is 0 Å². The number of hydrogen-bond acceptors (Lipinski definition) is 2. The van der Waals surface area contributed by atoms with Gasteiger partial charge in [-0.2, -0.15) is 0 Å². The van der Waals surface area contributed by atoms with E-state index >= 15 is 0 Å². The second-order valence-corrected chi connectivity index (χ2v) is 4.80. The predicted molar refractivity (Wildman–Crippen MR) is 72.3 cm³/mol. The Balaban J connectivity index is 2.45. The molecule has 0 saturated heterocycles. The Labute approximate surface area is 104 Å².